The number of piperidine rings is 1. The van der Waals surface area contributed by atoms with Gasteiger partial charge in [0.15, 0.2) is 5.65 Å². The highest BCUT2D eigenvalue weighted by molar-refractivity contribution is 5.98. The minimum absolute atomic E-state index is 0.148. The minimum atomic E-state index is -0.551. The van der Waals surface area contributed by atoms with E-state index < -0.39 is 5.91 Å². The van der Waals surface area contributed by atoms with E-state index in [1.165, 1.54) is 6.20 Å². The van der Waals surface area contributed by atoms with Gasteiger partial charge in [-0.15, -0.1) is 0 Å². The van der Waals surface area contributed by atoms with Crippen molar-refractivity contribution in [2.24, 2.45) is 5.73 Å². The van der Waals surface area contributed by atoms with Crippen LogP contribution in [0.15, 0.2) is 30.5 Å². The highest BCUT2D eigenvalue weighted by Crippen LogP contribution is 2.28. The number of H-pyrrole nitrogens is 1. The number of nitrogens with zero attached hydrogens (tertiary/aromatic N) is 5. The first-order valence-corrected chi connectivity index (χ1v) is 11.3. The molecule has 9 nitrogen and oxygen atoms in total. The van der Waals surface area contributed by atoms with Gasteiger partial charge in [0.1, 0.15) is 11.4 Å². The second-order valence-corrected chi connectivity index (χ2v) is 8.71. The van der Waals surface area contributed by atoms with Crippen LogP contribution in [0.5, 0.6) is 0 Å². The number of aromatic amines is 1. The van der Waals surface area contributed by atoms with Gasteiger partial charge < -0.3 is 15.6 Å². The normalized spacial score (nSPS) is 14.9. The Morgan fingerprint density at radius 3 is 2.64 bits per heavy atom. The summed E-state index contributed by atoms with van der Waals surface area (Å²) in [6.07, 6.45) is 4.24. The van der Waals surface area contributed by atoms with E-state index >= 15 is 0 Å². The maximum atomic E-state index is 12.9. The second-order valence-electron chi connectivity index (χ2n) is 8.71. The molecule has 3 N–H and O–H groups in total. The number of carbonyl (C=O) groups excluding carboxylic acids is 2. The average molecular weight is 446 g/mol. The lowest BCUT2D eigenvalue weighted by Crippen LogP contribution is -2.38. The first-order chi connectivity index (χ1) is 15.9. The topological polar surface area (TPSA) is 122 Å². The fraction of sp³-hybridized carbons (Fsp3) is 0.375. The summed E-state index contributed by atoms with van der Waals surface area (Å²) in [5, 5.41) is 4.26. The van der Waals surface area contributed by atoms with Crippen molar-refractivity contribution >= 4 is 28.5 Å². The predicted molar refractivity (Wildman–Crippen MR) is 124 cm³/mol. The monoisotopic (exact) mass is 445 g/mol. The molecule has 0 aliphatic carbocycles. The van der Waals surface area contributed by atoms with Crippen LogP contribution in [0.3, 0.4) is 0 Å². The van der Waals surface area contributed by atoms with E-state index in [0.717, 1.165) is 59.7 Å². The molecule has 2 amide bonds. The van der Waals surface area contributed by atoms with Gasteiger partial charge in [0.05, 0.1) is 17.2 Å². The number of aromatic nitrogens is 5. The van der Waals surface area contributed by atoms with Gasteiger partial charge in [0.2, 0.25) is 5.91 Å². The molecule has 5 rings (SSSR count). The quantitative estimate of drug-likeness (QED) is 0.489. The molecule has 33 heavy (non-hydrogen) atoms. The molecule has 170 valence electrons. The van der Waals surface area contributed by atoms with Gasteiger partial charge in [0.25, 0.3) is 5.91 Å². The van der Waals surface area contributed by atoms with Crippen molar-refractivity contribution in [3.8, 4) is 0 Å². The van der Waals surface area contributed by atoms with Crippen LogP contribution in [-0.2, 0) is 11.2 Å². The molecule has 4 heterocycles. The summed E-state index contributed by atoms with van der Waals surface area (Å²) in [4.78, 5) is 39.2. The van der Waals surface area contributed by atoms with Crippen LogP contribution in [0, 0.1) is 13.8 Å². The van der Waals surface area contributed by atoms with Crippen LogP contribution in [0.2, 0.25) is 0 Å². The number of benzene rings is 1. The van der Waals surface area contributed by atoms with Crippen LogP contribution in [0.25, 0.3) is 16.7 Å². The Labute approximate surface area is 191 Å². The SMILES string of the molecule is Cc1nc2c(C(N)=O)cnn2c(C)c1CCC(=O)N1CCC(c2nc3ccccc3[nH]2)CC1. The molecule has 1 fully saturated rings. The number of rotatable bonds is 5. The molecule has 0 saturated carbocycles. The zero-order chi connectivity index (χ0) is 23.1. The maximum Gasteiger partial charge on any atom is 0.254 e. The highest BCUT2D eigenvalue weighted by Gasteiger charge is 2.26. The van der Waals surface area contributed by atoms with Crippen molar-refractivity contribution in [3.63, 3.8) is 0 Å². The Kier molecular flexibility index (Phi) is 5.32. The van der Waals surface area contributed by atoms with Crippen molar-refractivity contribution in [2.75, 3.05) is 13.1 Å². The molecule has 1 aliphatic heterocycles. The Morgan fingerprint density at radius 1 is 1.15 bits per heavy atom. The van der Waals surface area contributed by atoms with E-state index in [1.54, 1.807) is 4.52 Å². The number of amides is 2. The van der Waals surface area contributed by atoms with Crippen molar-refractivity contribution in [3.05, 3.63) is 58.8 Å². The molecule has 1 saturated heterocycles. The lowest BCUT2D eigenvalue weighted by atomic mass is 9.95. The largest absolute Gasteiger partial charge is 0.365 e. The molecule has 4 aromatic rings. The van der Waals surface area contributed by atoms with Gasteiger partial charge in [-0.05, 0) is 50.8 Å². The van der Waals surface area contributed by atoms with Crippen molar-refractivity contribution in [2.45, 2.75) is 45.4 Å². The van der Waals surface area contributed by atoms with Gasteiger partial charge >= 0.3 is 0 Å². The Morgan fingerprint density at radius 2 is 1.91 bits per heavy atom. The van der Waals surface area contributed by atoms with Gasteiger partial charge in [-0.2, -0.15) is 5.10 Å². The van der Waals surface area contributed by atoms with E-state index in [2.05, 4.69) is 15.1 Å². The summed E-state index contributed by atoms with van der Waals surface area (Å²) in [6, 6.07) is 8.06. The van der Waals surface area contributed by atoms with Gasteiger partial charge in [0, 0.05) is 36.8 Å². The van der Waals surface area contributed by atoms with Crippen LogP contribution in [0.1, 0.15) is 58.3 Å². The molecule has 1 aromatic carbocycles. The Hall–Kier alpha value is -3.75. The zero-order valence-corrected chi connectivity index (χ0v) is 18.8. The minimum Gasteiger partial charge on any atom is -0.365 e. The fourth-order valence-electron chi connectivity index (χ4n) is 4.80. The Balaban J connectivity index is 1.23. The third-order valence-electron chi connectivity index (χ3n) is 6.70. The molecule has 0 atom stereocenters. The lowest BCUT2D eigenvalue weighted by molar-refractivity contribution is -0.132. The molecule has 0 spiro atoms. The molecule has 0 unspecified atom stereocenters. The number of hydrogen-bond donors (Lipinski definition) is 2. The van der Waals surface area contributed by atoms with Crippen LogP contribution in [-0.4, -0.2) is 54.4 Å². The van der Waals surface area contributed by atoms with Crippen molar-refractivity contribution in [1.82, 2.24) is 29.5 Å². The molecule has 9 heteroatoms. The number of carbonyl (C=O) groups is 2. The number of para-hydroxylation sites is 2. The lowest BCUT2D eigenvalue weighted by Gasteiger charge is -2.31. The summed E-state index contributed by atoms with van der Waals surface area (Å²) >= 11 is 0. The number of nitrogens with one attached hydrogen (secondary N) is 1. The summed E-state index contributed by atoms with van der Waals surface area (Å²) in [5.74, 6) is 0.959. The van der Waals surface area contributed by atoms with Gasteiger partial charge in [-0.3, -0.25) is 9.59 Å². The molecule has 3 aromatic heterocycles. The van der Waals surface area contributed by atoms with Crippen molar-refractivity contribution < 1.29 is 9.59 Å². The van der Waals surface area contributed by atoms with Crippen LogP contribution >= 0.6 is 0 Å². The Bertz CT molecular complexity index is 1330. The van der Waals surface area contributed by atoms with Gasteiger partial charge in [-0.25, -0.2) is 14.5 Å². The number of nitrogens with two attached hydrogens (primary N) is 1. The smallest absolute Gasteiger partial charge is 0.254 e. The first-order valence-electron chi connectivity index (χ1n) is 11.3. The number of hydrogen-bond acceptors (Lipinski definition) is 5. The van der Waals surface area contributed by atoms with E-state index in [1.807, 2.05) is 43.0 Å². The van der Waals surface area contributed by atoms with E-state index in [-0.39, 0.29) is 5.91 Å². The molecular weight excluding hydrogens is 418 g/mol. The van der Waals surface area contributed by atoms with Crippen molar-refractivity contribution in [1.29, 1.82) is 0 Å². The first kappa shape index (κ1) is 21.1. The van der Waals surface area contributed by atoms with Gasteiger partial charge in [-0.1, -0.05) is 12.1 Å². The molecule has 1 aliphatic rings. The zero-order valence-electron chi connectivity index (χ0n) is 18.8. The second kappa shape index (κ2) is 8.31. The molecule has 0 bridgehead atoms. The number of likely N-dealkylation sites (tertiary alicyclic amines) is 1. The number of primary amides is 1. The van der Waals surface area contributed by atoms with Crippen LogP contribution < -0.4 is 5.73 Å². The summed E-state index contributed by atoms with van der Waals surface area (Å²) < 4.78 is 1.63. The summed E-state index contributed by atoms with van der Waals surface area (Å²) in [6.45, 7) is 5.29. The predicted octanol–water partition coefficient (Wildman–Crippen LogP) is 2.66. The number of fused-ring (bicyclic) bond motifs is 2. The van der Waals surface area contributed by atoms with E-state index in [9.17, 15) is 9.59 Å². The molecule has 0 radical (unpaired) electrons. The average Bonchev–Trinajstić information content (AvgIpc) is 3.43. The third kappa shape index (κ3) is 3.83. The number of imidazole rings is 1. The maximum absolute atomic E-state index is 12.9. The highest BCUT2D eigenvalue weighted by atomic mass is 16.2. The third-order valence-corrected chi connectivity index (χ3v) is 6.70. The summed E-state index contributed by atoms with van der Waals surface area (Å²) in [7, 11) is 0. The number of aryl methyl sites for hydroxylation is 2. The van der Waals surface area contributed by atoms with E-state index in [0.29, 0.717) is 30.0 Å². The summed E-state index contributed by atoms with van der Waals surface area (Å²) in [5.41, 5.74) is 10.9. The van der Waals surface area contributed by atoms with Crippen LogP contribution in [0.4, 0.5) is 0 Å². The molecular formula is C24H27N7O2. The standard InChI is InChI=1S/C24H27N7O2/c1-14-17(15(2)31-24(27-14)18(13-26-31)22(25)33)7-8-21(32)30-11-9-16(10-12-30)23-28-19-5-3-4-6-20(19)29-23/h3-6,13,16H,7-12H2,1-2H3,(H2,25,33)(H,28,29). The fourth-order valence-corrected chi connectivity index (χ4v) is 4.80. The van der Waals surface area contributed by atoms with E-state index in [4.69, 9.17) is 10.7 Å².